The highest BCUT2D eigenvalue weighted by Gasteiger charge is 2.17. The Labute approximate surface area is 235 Å². The largest absolute Gasteiger partial charge is 0.481 e. The summed E-state index contributed by atoms with van der Waals surface area (Å²) in [5.41, 5.74) is 5.22. The number of aromatic nitrogens is 2. The summed E-state index contributed by atoms with van der Waals surface area (Å²) in [6, 6.07) is 29.4. The Balaban J connectivity index is 1.32. The number of nitrogens with one attached hydrogen (secondary N) is 1. The third-order valence-electron chi connectivity index (χ3n) is 6.32. The number of rotatable bonds is 12. The molecule has 2 heterocycles. The maximum Gasteiger partial charge on any atom is 0.305 e. The summed E-state index contributed by atoms with van der Waals surface area (Å²) in [7, 11) is 0. The van der Waals surface area contributed by atoms with Crippen LogP contribution in [0.4, 0.5) is 5.13 Å². The second-order valence-electron chi connectivity index (χ2n) is 9.21. The zero-order valence-electron chi connectivity index (χ0n) is 21.7. The maximum absolute atomic E-state index is 12.3. The highest BCUT2D eigenvalue weighted by atomic mass is 32.1. The van der Waals surface area contributed by atoms with Crippen LogP contribution in [0.15, 0.2) is 101 Å². The minimum absolute atomic E-state index is 0.0909. The van der Waals surface area contributed by atoms with Crippen molar-refractivity contribution in [2.24, 2.45) is 0 Å². The van der Waals surface area contributed by atoms with Crippen LogP contribution in [0.25, 0.3) is 22.7 Å². The molecule has 5 rings (SSSR count). The highest BCUT2D eigenvalue weighted by molar-refractivity contribution is 7.14. The van der Waals surface area contributed by atoms with Crippen molar-refractivity contribution in [3.05, 3.63) is 113 Å². The van der Waals surface area contributed by atoms with Gasteiger partial charge >= 0.3 is 5.97 Å². The molecule has 0 aliphatic heterocycles. The van der Waals surface area contributed by atoms with Crippen LogP contribution in [0.2, 0.25) is 0 Å². The summed E-state index contributed by atoms with van der Waals surface area (Å²) in [4.78, 5) is 30.1. The molecule has 0 saturated heterocycles. The second-order valence-corrected chi connectivity index (χ2v) is 10.0. The number of carbonyl (C=O) groups excluding carboxylic acids is 1. The number of nitrogens with zero attached hydrogens (tertiary/aromatic N) is 3. The molecular formula is C31H28N4O4S. The molecular weight excluding hydrogens is 524 g/mol. The zero-order chi connectivity index (χ0) is 27.7. The smallest absolute Gasteiger partial charge is 0.305 e. The van der Waals surface area contributed by atoms with Gasteiger partial charge in [0.2, 0.25) is 0 Å². The maximum atomic E-state index is 12.3. The van der Waals surface area contributed by atoms with Crippen LogP contribution in [0, 0.1) is 0 Å². The van der Waals surface area contributed by atoms with Gasteiger partial charge in [0.15, 0.2) is 10.9 Å². The number of hydrogen-bond acceptors (Lipinski definition) is 7. The summed E-state index contributed by atoms with van der Waals surface area (Å²) in [6.45, 7) is 1.44. The van der Waals surface area contributed by atoms with E-state index in [4.69, 9.17) is 14.6 Å². The standard InChI is InChI=1S/C31H28N4O4S/c36-29(37)15-17-32-30(38)25-13-11-23(12-14-25)20-35(18-16-22-7-3-1-4-8-22)31-33-27(21-40-31)28-19-26(34-39-28)24-9-5-2-6-10-24/h1-14,19,21H,15-18,20H2,(H,32,38)(H,36,37). The fourth-order valence-corrected chi connectivity index (χ4v) is 5.02. The molecule has 40 heavy (non-hydrogen) atoms. The normalized spacial score (nSPS) is 10.8. The minimum atomic E-state index is -0.948. The van der Waals surface area contributed by atoms with E-state index in [1.165, 1.54) is 5.56 Å². The molecule has 5 aromatic rings. The minimum Gasteiger partial charge on any atom is -0.481 e. The van der Waals surface area contributed by atoms with Crippen molar-refractivity contribution in [1.82, 2.24) is 15.5 Å². The summed E-state index contributed by atoms with van der Waals surface area (Å²) in [6.07, 6.45) is 0.734. The van der Waals surface area contributed by atoms with Gasteiger partial charge in [-0.1, -0.05) is 78.0 Å². The van der Waals surface area contributed by atoms with E-state index in [9.17, 15) is 9.59 Å². The number of aliphatic carboxylic acids is 1. The van der Waals surface area contributed by atoms with Crippen LogP contribution in [-0.4, -0.2) is 40.2 Å². The van der Waals surface area contributed by atoms with Crippen molar-refractivity contribution in [3.8, 4) is 22.7 Å². The first-order valence-corrected chi connectivity index (χ1v) is 13.8. The third kappa shape index (κ3) is 7.00. The van der Waals surface area contributed by atoms with Gasteiger partial charge in [0, 0.05) is 42.2 Å². The Kier molecular flexibility index (Phi) is 8.63. The number of carboxylic acid groups (broad SMARTS) is 1. The molecule has 3 aromatic carbocycles. The van der Waals surface area contributed by atoms with Crippen LogP contribution in [0.1, 0.15) is 27.9 Å². The molecule has 1 amide bonds. The monoisotopic (exact) mass is 552 g/mol. The molecule has 0 saturated carbocycles. The fraction of sp³-hybridized carbons (Fsp3) is 0.161. The first-order chi connectivity index (χ1) is 19.5. The topological polar surface area (TPSA) is 109 Å². The number of anilines is 1. The lowest BCUT2D eigenvalue weighted by Gasteiger charge is -2.22. The van der Waals surface area contributed by atoms with Gasteiger partial charge in [0.05, 0.1) is 6.42 Å². The summed E-state index contributed by atoms with van der Waals surface area (Å²) in [5.74, 6) is -0.626. The number of carboxylic acids is 1. The number of amides is 1. The summed E-state index contributed by atoms with van der Waals surface area (Å²) < 4.78 is 5.63. The quantitative estimate of drug-likeness (QED) is 0.198. The third-order valence-corrected chi connectivity index (χ3v) is 7.22. The van der Waals surface area contributed by atoms with Gasteiger partial charge in [-0.05, 0) is 29.7 Å². The lowest BCUT2D eigenvalue weighted by molar-refractivity contribution is -0.136. The van der Waals surface area contributed by atoms with E-state index in [-0.39, 0.29) is 18.9 Å². The van der Waals surface area contributed by atoms with Gasteiger partial charge in [-0.3, -0.25) is 9.59 Å². The summed E-state index contributed by atoms with van der Waals surface area (Å²) in [5, 5.41) is 18.5. The van der Waals surface area contributed by atoms with Gasteiger partial charge in [0.25, 0.3) is 5.91 Å². The van der Waals surface area contributed by atoms with Crippen molar-refractivity contribution in [3.63, 3.8) is 0 Å². The van der Waals surface area contributed by atoms with E-state index in [2.05, 4.69) is 27.5 Å². The molecule has 0 bridgehead atoms. The number of hydrogen-bond donors (Lipinski definition) is 2. The predicted molar refractivity (Wildman–Crippen MR) is 155 cm³/mol. The molecule has 0 unspecified atom stereocenters. The van der Waals surface area contributed by atoms with E-state index < -0.39 is 5.97 Å². The lowest BCUT2D eigenvalue weighted by Crippen LogP contribution is -2.26. The van der Waals surface area contributed by atoms with Crippen LogP contribution in [0.5, 0.6) is 0 Å². The average molecular weight is 553 g/mol. The van der Waals surface area contributed by atoms with Gasteiger partial charge in [-0.15, -0.1) is 11.3 Å². The van der Waals surface area contributed by atoms with Gasteiger partial charge in [-0.25, -0.2) is 4.98 Å². The van der Waals surface area contributed by atoms with Crippen LogP contribution >= 0.6 is 11.3 Å². The second kappa shape index (κ2) is 12.9. The molecule has 0 aliphatic carbocycles. The van der Waals surface area contributed by atoms with Crippen molar-refractivity contribution in [1.29, 1.82) is 0 Å². The van der Waals surface area contributed by atoms with Crippen molar-refractivity contribution >= 4 is 28.3 Å². The first kappa shape index (κ1) is 26.8. The Morgan fingerprint density at radius 3 is 2.35 bits per heavy atom. The van der Waals surface area contributed by atoms with Crippen molar-refractivity contribution in [2.75, 3.05) is 18.0 Å². The molecule has 0 atom stereocenters. The zero-order valence-corrected chi connectivity index (χ0v) is 22.5. The molecule has 202 valence electrons. The van der Waals surface area contributed by atoms with E-state index in [0.717, 1.165) is 40.6 Å². The van der Waals surface area contributed by atoms with Crippen LogP contribution in [-0.2, 0) is 17.8 Å². The SMILES string of the molecule is O=C(O)CCNC(=O)c1ccc(CN(CCc2ccccc2)c2nc(-c3cc(-c4ccccc4)no3)cs2)cc1. The Hall–Kier alpha value is -4.76. The molecule has 2 N–H and O–H groups in total. The molecule has 2 aromatic heterocycles. The first-order valence-electron chi connectivity index (χ1n) is 12.9. The Bertz CT molecular complexity index is 1550. The van der Waals surface area contributed by atoms with Crippen LogP contribution in [0.3, 0.4) is 0 Å². The van der Waals surface area contributed by atoms with E-state index in [1.54, 1.807) is 23.5 Å². The predicted octanol–water partition coefficient (Wildman–Crippen LogP) is 5.92. The number of benzene rings is 3. The van der Waals surface area contributed by atoms with E-state index in [1.807, 2.05) is 72.1 Å². The Morgan fingerprint density at radius 2 is 1.62 bits per heavy atom. The van der Waals surface area contributed by atoms with Gasteiger partial charge in [0.1, 0.15) is 11.4 Å². The molecule has 9 heteroatoms. The van der Waals surface area contributed by atoms with Gasteiger partial charge in [-0.2, -0.15) is 0 Å². The fourth-order valence-electron chi connectivity index (χ4n) is 4.18. The van der Waals surface area contributed by atoms with E-state index >= 15 is 0 Å². The lowest BCUT2D eigenvalue weighted by atomic mass is 10.1. The Morgan fingerprint density at radius 1 is 0.900 bits per heavy atom. The highest BCUT2D eigenvalue weighted by Crippen LogP contribution is 2.31. The van der Waals surface area contributed by atoms with Crippen molar-refractivity contribution < 1.29 is 19.2 Å². The molecule has 0 spiro atoms. The van der Waals surface area contributed by atoms with Gasteiger partial charge < -0.3 is 19.8 Å². The van der Waals surface area contributed by atoms with Crippen LogP contribution < -0.4 is 10.2 Å². The molecule has 8 nitrogen and oxygen atoms in total. The summed E-state index contributed by atoms with van der Waals surface area (Å²) >= 11 is 1.55. The molecule has 0 radical (unpaired) electrons. The molecule has 0 aliphatic rings. The number of carbonyl (C=O) groups is 2. The average Bonchev–Trinajstić information content (AvgIpc) is 3.67. The molecule has 0 fully saturated rings. The van der Waals surface area contributed by atoms with Crippen molar-refractivity contribution in [2.45, 2.75) is 19.4 Å². The number of thiazole rings is 1. The van der Waals surface area contributed by atoms with E-state index in [0.29, 0.717) is 17.9 Å².